The van der Waals surface area contributed by atoms with E-state index in [-0.39, 0.29) is 11.9 Å². The van der Waals surface area contributed by atoms with E-state index in [0.717, 1.165) is 21.2 Å². The summed E-state index contributed by atoms with van der Waals surface area (Å²) < 4.78 is 15.1. The third kappa shape index (κ3) is 3.43. The zero-order valence-electron chi connectivity index (χ0n) is 11.1. The van der Waals surface area contributed by atoms with Gasteiger partial charge in [0.1, 0.15) is 5.82 Å². The molecule has 1 unspecified atom stereocenters. The maximum absolute atomic E-state index is 14.0. The van der Waals surface area contributed by atoms with E-state index in [0.29, 0.717) is 12.0 Å². The predicted octanol–water partition coefficient (Wildman–Crippen LogP) is 4.45. The molecule has 0 aliphatic rings. The van der Waals surface area contributed by atoms with E-state index in [1.165, 1.54) is 0 Å². The monoisotopic (exact) mass is 321 g/mol. The van der Waals surface area contributed by atoms with Crippen LogP contribution in [-0.4, -0.2) is 0 Å². The molecule has 2 N–H and O–H groups in total. The van der Waals surface area contributed by atoms with E-state index in [2.05, 4.69) is 15.9 Å². The first kappa shape index (κ1) is 14.2. The van der Waals surface area contributed by atoms with Crippen LogP contribution < -0.4 is 5.73 Å². The first-order valence-electron chi connectivity index (χ1n) is 6.24. The Balaban J connectivity index is 2.25. The topological polar surface area (TPSA) is 26.0 Å². The number of nitrogens with two attached hydrogens (primary N) is 1. The number of hydrogen-bond donors (Lipinski definition) is 1. The van der Waals surface area contributed by atoms with Crippen LogP contribution in [0.25, 0.3) is 0 Å². The van der Waals surface area contributed by atoms with Crippen molar-refractivity contribution in [3.05, 3.63) is 68.9 Å². The van der Waals surface area contributed by atoms with Gasteiger partial charge in [0.15, 0.2) is 0 Å². The Kier molecular flexibility index (Phi) is 4.38. The quantitative estimate of drug-likeness (QED) is 0.888. The molecule has 2 aromatic carbocycles. The van der Waals surface area contributed by atoms with Crippen LogP contribution in [0.15, 0.2) is 40.9 Å². The molecule has 0 aromatic heterocycles. The molecule has 0 saturated heterocycles. The lowest BCUT2D eigenvalue weighted by molar-refractivity contribution is 0.576. The summed E-state index contributed by atoms with van der Waals surface area (Å²) in [6.45, 7) is 3.80. The molecule has 0 radical (unpaired) electrons. The number of hydrogen-bond acceptors (Lipinski definition) is 1. The van der Waals surface area contributed by atoms with E-state index < -0.39 is 0 Å². The maximum atomic E-state index is 14.0. The van der Waals surface area contributed by atoms with E-state index in [1.54, 1.807) is 6.07 Å². The summed E-state index contributed by atoms with van der Waals surface area (Å²) in [4.78, 5) is 0. The lowest BCUT2D eigenvalue weighted by Crippen LogP contribution is -2.16. The van der Waals surface area contributed by atoms with Gasteiger partial charge in [-0.2, -0.15) is 0 Å². The average Bonchev–Trinajstić information content (AvgIpc) is 2.30. The fraction of sp³-hybridized carbons (Fsp3) is 0.250. The molecular weight excluding hydrogens is 305 g/mol. The Morgan fingerprint density at radius 3 is 2.37 bits per heavy atom. The highest BCUT2D eigenvalue weighted by Gasteiger charge is 2.15. The van der Waals surface area contributed by atoms with Gasteiger partial charge in [0.2, 0.25) is 0 Å². The molecule has 3 heteroatoms. The van der Waals surface area contributed by atoms with Crippen LogP contribution in [-0.2, 0) is 6.42 Å². The van der Waals surface area contributed by atoms with Crippen molar-refractivity contribution >= 4 is 15.9 Å². The lowest BCUT2D eigenvalue weighted by Gasteiger charge is -2.16. The highest BCUT2D eigenvalue weighted by Crippen LogP contribution is 2.24. The summed E-state index contributed by atoms with van der Waals surface area (Å²) in [5.74, 6) is -0.206. The highest BCUT2D eigenvalue weighted by molar-refractivity contribution is 9.10. The summed E-state index contributed by atoms with van der Waals surface area (Å²) in [6, 6.07) is 11.2. The minimum Gasteiger partial charge on any atom is -0.324 e. The second-order valence-corrected chi connectivity index (χ2v) is 5.83. The van der Waals surface area contributed by atoms with Gasteiger partial charge in [-0.1, -0.05) is 34.1 Å². The van der Waals surface area contributed by atoms with Gasteiger partial charge in [0, 0.05) is 16.1 Å². The molecule has 2 aromatic rings. The number of benzene rings is 2. The van der Waals surface area contributed by atoms with Crippen molar-refractivity contribution in [2.24, 2.45) is 5.73 Å². The minimum absolute atomic E-state index is 0.206. The number of halogens is 2. The van der Waals surface area contributed by atoms with Crippen molar-refractivity contribution in [3.63, 3.8) is 0 Å². The zero-order valence-corrected chi connectivity index (χ0v) is 12.7. The highest BCUT2D eigenvalue weighted by atomic mass is 79.9. The van der Waals surface area contributed by atoms with Crippen molar-refractivity contribution in [3.8, 4) is 0 Å². The van der Waals surface area contributed by atoms with Crippen molar-refractivity contribution in [2.45, 2.75) is 26.3 Å². The fourth-order valence-electron chi connectivity index (χ4n) is 2.37. The minimum atomic E-state index is -0.318. The molecule has 1 nitrogen and oxygen atoms in total. The molecule has 2 rings (SSSR count). The molecule has 0 aliphatic heterocycles. The van der Waals surface area contributed by atoms with E-state index >= 15 is 0 Å². The summed E-state index contributed by atoms with van der Waals surface area (Å²) in [5, 5.41) is 0. The Labute approximate surface area is 121 Å². The van der Waals surface area contributed by atoms with Gasteiger partial charge in [0.05, 0.1) is 0 Å². The molecule has 0 amide bonds. The van der Waals surface area contributed by atoms with Crippen LogP contribution in [0.2, 0.25) is 0 Å². The fourth-order valence-corrected chi connectivity index (χ4v) is 2.64. The molecule has 19 heavy (non-hydrogen) atoms. The first-order valence-corrected chi connectivity index (χ1v) is 7.03. The molecule has 0 saturated carbocycles. The summed E-state index contributed by atoms with van der Waals surface area (Å²) in [6.07, 6.45) is 0.633. The third-order valence-electron chi connectivity index (χ3n) is 3.22. The standard InChI is InChI=1S/C16H17BrFN/c1-10-7-11(2)16(14(18)8-10)15(19)9-12-3-5-13(17)6-4-12/h3-8,15H,9,19H2,1-2H3. The van der Waals surface area contributed by atoms with Gasteiger partial charge in [-0.05, 0) is 55.2 Å². The van der Waals surface area contributed by atoms with Crippen LogP contribution in [0.1, 0.15) is 28.3 Å². The average molecular weight is 322 g/mol. The molecule has 100 valence electrons. The maximum Gasteiger partial charge on any atom is 0.128 e. The van der Waals surface area contributed by atoms with E-state index in [1.807, 2.05) is 44.2 Å². The van der Waals surface area contributed by atoms with Crippen LogP contribution >= 0.6 is 15.9 Å². The Morgan fingerprint density at radius 1 is 1.16 bits per heavy atom. The molecule has 0 spiro atoms. The van der Waals surface area contributed by atoms with E-state index in [4.69, 9.17) is 5.73 Å². The number of rotatable bonds is 3. The largest absolute Gasteiger partial charge is 0.324 e. The summed E-state index contributed by atoms with van der Waals surface area (Å²) in [7, 11) is 0. The molecule has 1 atom stereocenters. The lowest BCUT2D eigenvalue weighted by atomic mass is 9.94. The van der Waals surface area contributed by atoms with Gasteiger partial charge in [0.25, 0.3) is 0 Å². The van der Waals surface area contributed by atoms with Gasteiger partial charge in [-0.15, -0.1) is 0 Å². The van der Waals surface area contributed by atoms with Gasteiger partial charge >= 0.3 is 0 Å². The van der Waals surface area contributed by atoms with E-state index in [9.17, 15) is 4.39 Å². The van der Waals surface area contributed by atoms with Crippen LogP contribution in [0.3, 0.4) is 0 Å². The summed E-state index contributed by atoms with van der Waals surface area (Å²) >= 11 is 3.40. The van der Waals surface area contributed by atoms with Crippen LogP contribution in [0, 0.1) is 19.7 Å². The normalized spacial score (nSPS) is 12.5. The van der Waals surface area contributed by atoms with Crippen molar-refractivity contribution < 1.29 is 4.39 Å². The van der Waals surface area contributed by atoms with Gasteiger partial charge in [-0.25, -0.2) is 4.39 Å². The van der Waals surface area contributed by atoms with Crippen LogP contribution in [0.4, 0.5) is 4.39 Å². The second kappa shape index (κ2) is 5.85. The van der Waals surface area contributed by atoms with Crippen LogP contribution in [0.5, 0.6) is 0 Å². The predicted molar refractivity (Wildman–Crippen MR) is 80.6 cm³/mol. The first-order chi connectivity index (χ1) is 8.97. The Bertz CT molecular complexity index is 555. The zero-order chi connectivity index (χ0) is 14.0. The molecular formula is C16H17BrFN. The summed E-state index contributed by atoms with van der Waals surface area (Å²) in [5.41, 5.74) is 9.73. The Hall–Kier alpha value is -1.19. The molecule has 0 heterocycles. The Morgan fingerprint density at radius 2 is 1.79 bits per heavy atom. The van der Waals surface area contributed by atoms with Crippen molar-refractivity contribution in [1.29, 1.82) is 0 Å². The van der Waals surface area contributed by atoms with Crippen molar-refractivity contribution in [1.82, 2.24) is 0 Å². The second-order valence-electron chi connectivity index (χ2n) is 4.91. The van der Waals surface area contributed by atoms with Gasteiger partial charge in [-0.3, -0.25) is 0 Å². The smallest absolute Gasteiger partial charge is 0.128 e. The molecule has 0 aliphatic carbocycles. The SMILES string of the molecule is Cc1cc(C)c(C(N)Cc2ccc(Br)cc2)c(F)c1. The van der Waals surface area contributed by atoms with Crippen molar-refractivity contribution in [2.75, 3.05) is 0 Å². The third-order valence-corrected chi connectivity index (χ3v) is 3.75. The number of aryl methyl sites for hydroxylation is 2. The molecule has 0 fully saturated rings. The van der Waals surface area contributed by atoms with Gasteiger partial charge < -0.3 is 5.73 Å². The molecule has 0 bridgehead atoms.